The first-order valence-corrected chi connectivity index (χ1v) is 9.64. The Balaban J connectivity index is 2.05. The van der Waals surface area contributed by atoms with E-state index in [1.165, 1.54) is 35.2 Å². The molecule has 2 aromatic rings. The molecule has 0 atom stereocenters. The van der Waals surface area contributed by atoms with E-state index in [1.54, 1.807) is 6.07 Å². The molecule has 0 bridgehead atoms. The molecule has 1 aliphatic rings. The zero-order chi connectivity index (χ0) is 17.5. The number of halogens is 2. The van der Waals surface area contributed by atoms with Crippen LogP contribution in [0.25, 0.3) is 0 Å². The topological polar surface area (TPSA) is 54.5 Å². The van der Waals surface area contributed by atoms with Gasteiger partial charge < -0.3 is 4.90 Å². The van der Waals surface area contributed by atoms with Crippen LogP contribution in [-0.2, 0) is 16.3 Å². The van der Waals surface area contributed by atoms with Gasteiger partial charge in [-0.05, 0) is 48.7 Å². The Hall–Kier alpha value is -1.92. The van der Waals surface area contributed by atoms with E-state index in [9.17, 15) is 17.6 Å². The lowest BCUT2D eigenvalue weighted by Gasteiger charge is -2.30. The number of hydrogen-bond donors (Lipinski definition) is 0. The van der Waals surface area contributed by atoms with Crippen molar-refractivity contribution < 1.29 is 17.6 Å². The zero-order valence-electron chi connectivity index (χ0n) is 12.9. The number of amides is 1. The number of nitrogens with zero attached hydrogens (tertiary/aromatic N) is 1. The first-order chi connectivity index (χ1) is 11.3. The van der Waals surface area contributed by atoms with Crippen molar-refractivity contribution in [2.75, 3.05) is 17.7 Å². The summed E-state index contributed by atoms with van der Waals surface area (Å²) in [5.41, 5.74) is 1.11. The molecular formula is C17H15ClFNO3S. The number of aryl methyl sites for hydroxylation is 1. The molecule has 1 aliphatic heterocycles. The lowest BCUT2D eigenvalue weighted by Crippen LogP contribution is -2.36. The van der Waals surface area contributed by atoms with Crippen LogP contribution in [0.15, 0.2) is 41.3 Å². The predicted octanol–water partition coefficient (Wildman–Crippen LogP) is 3.48. The molecule has 1 amide bonds. The van der Waals surface area contributed by atoms with E-state index in [1.807, 2.05) is 0 Å². The number of benzene rings is 2. The van der Waals surface area contributed by atoms with Crippen LogP contribution in [0.1, 0.15) is 22.3 Å². The van der Waals surface area contributed by atoms with Crippen LogP contribution in [0.2, 0.25) is 5.02 Å². The number of anilines is 1. The second-order valence-electron chi connectivity index (χ2n) is 5.76. The summed E-state index contributed by atoms with van der Waals surface area (Å²) >= 11 is 5.89. The Morgan fingerprint density at radius 1 is 1.25 bits per heavy atom. The number of hydrogen-bond acceptors (Lipinski definition) is 3. The fraction of sp³-hybridized carbons (Fsp3) is 0.235. The molecule has 0 radical (unpaired) electrons. The van der Waals surface area contributed by atoms with E-state index < -0.39 is 21.6 Å². The van der Waals surface area contributed by atoms with Crippen molar-refractivity contribution in [3.63, 3.8) is 0 Å². The molecule has 7 heteroatoms. The van der Waals surface area contributed by atoms with E-state index in [2.05, 4.69) is 0 Å². The number of fused-ring (bicyclic) bond motifs is 1. The summed E-state index contributed by atoms with van der Waals surface area (Å²) in [7, 11) is -3.43. The first-order valence-electron chi connectivity index (χ1n) is 7.37. The second kappa shape index (κ2) is 6.18. The van der Waals surface area contributed by atoms with Crippen LogP contribution in [-0.4, -0.2) is 27.1 Å². The molecule has 0 saturated carbocycles. The van der Waals surface area contributed by atoms with Gasteiger partial charge in [-0.3, -0.25) is 4.79 Å². The third kappa shape index (κ3) is 3.16. The fourth-order valence-corrected chi connectivity index (χ4v) is 3.76. The first kappa shape index (κ1) is 16.9. The van der Waals surface area contributed by atoms with Crippen molar-refractivity contribution in [3.8, 4) is 0 Å². The normalized spacial score (nSPS) is 14.4. The minimum absolute atomic E-state index is 0.0576. The second-order valence-corrected chi connectivity index (χ2v) is 8.21. The van der Waals surface area contributed by atoms with Gasteiger partial charge in [-0.25, -0.2) is 12.8 Å². The number of sulfone groups is 1. The molecule has 0 aromatic heterocycles. The summed E-state index contributed by atoms with van der Waals surface area (Å²) < 4.78 is 37.7. The molecule has 2 aromatic carbocycles. The number of carbonyl (C=O) groups excluding carboxylic acids is 1. The Kier molecular flexibility index (Phi) is 4.36. The van der Waals surface area contributed by atoms with Crippen molar-refractivity contribution in [1.82, 2.24) is 0 Å². The van der Waals surface area contributed by atoms with Crippen LogP contribution >= 0.6 is 11.6 Å². The molecule has 3 rings (SSSR count). The Morgan fingerprint density at radius 2 is 2.00 bits per heavy atom. The van der Waals surface area contributed by atoms with Crippen LogP contribution in [0.4, 0.5) is 10.1 Å². The van der Waals surface area contributed by atoms with Crippen LogP contribution in [0.3, 0.4) is 0 Å². The molecule has 0 aliphatic carbocycles. The molecular weight excluding hydrogens is 353 g/mol. The van der Waals surface area contributed by atoms with E-state index in [0.29, 0.717) is 30.0 Å². The Labute approximate surface area is 144 Å². The molecule has 0 saturated heterocycles. The van der Waals surface area contributed by atoms with Gasteiger partial charge in [-0.15, -0.1) is 0 Å². The maximum Gasteiger partial charge on any atom is 0.258 e. The van der Waals surface area contributed by atoms with E-state index in [-0.39, 0.29) is 16.1 Å². The summed E-state index contributed by atoms with van der Waals surface area (Å²) in [6.45, 7) is 0.369. The summed E-state index contributed by atoms with van der Waals surface area (Å²) in [5.74, 6) is -0.979. The SMILES string of the molecule is CS(=O)(=O)c1cccc(C(=O)N2CCCc3cc(Cl)cc(F)c32)c1. The highest BCUT2D eigenvalue weighted by molar-refractivity contribution is 7.90. The van der Waals surface area contributed by atoms with Gasteiger partial charge in [0.05, 0.1) is 10.6 Å². The maximum absolute atomic E-state index is 14.4. The Morgan fingerprint density at radius 3 is 2.71 bits per heavy atom. The minimum Gasteiger partial charge on any atom is -0.305 e. The number of rotatable bonds is 2. The third-order valence-electron chi connectivity index (χ3n) is 3.96. The van der Waals surface area contributed by atoms with E-state index in [0.717, 1.165) is 6.26 Å². The average molecular weight is 368 g/mol. The standard InChI is InChI=1S/C17H15ClFNO3S/c1-24(22,23)14-6-2-4-12(9-14)17(21)20-7-3-5-11-8-13(18)10-15(19)16(11)20/h2,4,6,8-10H,3,5,7H2,1H3. The van der Waals surface area contributed by atoms with Gasteiger partial charge in [0, 0.05) is 23.4 Å². The lowest BCUT2D eigenvalue weighted by atomic mass is 10.0. The summed E-state index contributed by atoms with van der Waals surface area (Å²) in [6.07, 6.45) is 2.40. The van der Waals surface area contributed by atoms with Crippen LogP contribution in [0.5, 0.6) is 0 Å². The Bertz CT molecular complexity index is 927. The largest absolute Gasteiger partial charge is 0.305 e. The summed E-state index contributed by atoms with van der Waals surface area (Å²) in [6, 6.07) is 8.62. The van der Waals surface area contributed by atoms with Crippen molar-refractivity contribution in [3.05, 3.63) is 58.4 Å². The van der Waals surface area contributed by atoms with Crippen molar-refractivity contribution in [2.45, 2.75) is 17.7 Å². The molecule has 0 spiro atoms. The van der Waals surface area contributed by atoms with Crippen LogP contribution in [0, 0.1) is 5.82 Å². The zero-order valence-corrected chi connectivity index (χ0v) is 14.5. The quantitative estimate of drug-likeness (QED) is 0.816. The van der Waals surface area contributed by atoms with Gasteiger partial charge >= 0.3 is 0 Å². The van der Waals surface area contributed by atoms with Crippen molar-refractivity contribution >= 4 is 33.0 Å². The minimum atomic E-state index is -3.43. The number of carbonyl (C=O) groups is 1. The predicted molar refractivity (Wildman–Crippen MR) is 91.0 cm³/mol. The molecule has 0 unspecified atom stereocenters. The molecule has 0 N–H and O–H groups in total. The molecule has 126 valence electrons. The van der Waals surface area contributed by atoms with Crippen molar-refractivity contribution in [2.24, 2.45) is 0 Å². The third-order valence-corrected chi connectivity index (χ3v) is 5.29. The van der Waals surface area contributed by atoms with Gasteiger partial charge in [0.1, 0.15) is 5.82 Å². The highest BCUT2D eigenvalue weighted by Gasteiger charge is 2.27. The van der Waals surface area contributed by atoms with Gasteiger partial charge in [0.2, 0.25) is 0 Å². The van der Waals surface area contributed by atoms with Crippen molar-refractivity contribution in [1.29, 1.82) is 0 Å². The summed E-state index contributed by atoms with van der Waals surface area (Å²) in [5, 5.41) is 0.291. The molecule has 1 heterocycles. The van der Waals surface area contributed by atoms with Gasteiger partial charge in [-0.2, -0.15) is 0 Å². The van der Waals surface area contributed by atoms with Gasteiger partial charge in [0.25, 0.3) is 5.91 Å². The highest BCUT2D eigenvalue weighted by atomic mass is 35.5. The smallest absolute Gasteiger partial charge is 0.258 e. The highest BCUT2D eigenvalue weighted by Crippen LogP contribution is 2.33. The van der Waals surface area contributed by atoms with E-state index >= 15 is 0 Å². The van der Waals surface area contributed by atoms with Crippen LogP contribution < -0.4 is 4.90 Å². The van der Waals surface area contributed by atoms with Gasteiger partial charge in [-0.1, -0.05) is 17.7 Å². The molecule has 0 fully saturated rings. The van der Waals surface area contributed by atoms with Gasteiger partial charge in [0.15, 0.2) is 9.84 Å². The fourth-order valence-electron chi connectivity index (χ4n) is 2.87. The monoisotopic (exact) mass is 367 g/mol. The summed E-state index contributed by atoms with van der Waals surface area (Å²) in [4.78, 5) is 14.2. The lowest BCUT2D eigenvalue weighted by molar-refractivity contribution is 0.0984. The average Bonchev–Trinajstić information content (AvgIpc) is 2.52. The molecule has 4 nitrogen and oxygen atoms in total. The maximum atomic E-state index is 14.4. The van der Waals surface area contributed by atoms with E-state index in [4.69, 9.17) is 11.6 Å². The molecule has 24 heavy (non-hydrogen) atoms.